The molecule has 0 bridgehead atoms. The van der Waals surface area contributed by atoms with Gasteiger partial charge in [-0.05, 0) is 48.9 Å². The Labute approximate surface area is 171 Å². The number of aromatic nitrogens is 2. The van der Waals surface area contributed by atoms with Crippen molar-refractivity contribution in [3.8, 4) is 5.69 Å². The van der Waals surface area contributed by atoms with Crippen LogP contribution in [0.25, 0.3) is 5.69 Å². The summed E-state index contributed by atoms with van der Waals surface area (Å²) in [6, 6.07) is 18.2. The molecule has 0 radical (unpaired) electrons. The maximum Gasteiger partial charge on any atom is 0.272 e. The minimum atomic E-state index is -0.102. The van der Waals surface area contributed by atoms with Gasteiger partial charge in [-0.1, -0.05) is 48.9 Å². The average molecular weight is 389 g/mol. The molecule has 5 nitrogen and oxygen atoms in total. The van der Waals surface area contributed by atoms with Crippen molar-refractivity contribution in [2.75, 3.05) is 7.11 Å². The molecular formula is C24H27N3O2. The number of amides is 1. The third-order valence-corrected chi connectivity index (χ3v) is 5.40. The van der Waals surface area contributed by atoms with Gasteiger partial charge in [-0.3, -0.25) is 4.79 Å². The van der Waals surface area contributed by atoms with E-state index < -0.39 is 0 Å². The number of carbonyl (C=O) groups is 1. The molecule has 29 heavy (non-hydrogen) atoms. The number of rotatable bonds is 6. The number of nitrogens with zero attached hydrogens (tertiary/aromatic N) is 2. The average Bonchev–Trinajstić information content (AvgIpc) is 2.94. The quantitative estimate of drug-likeness (QED) is 0.642. The van der Waals surface area contributed by atoms with Gasteiger partial charge in [0.15, 0.2) is 5.69 Å². The Morgan fingerprint density at radius 3 is 2.66 bits per heavy atom. The minimum absolute atomic E-state index is 0.102. The Morgan fingerprint density at radius 1 is 1.03 bits per heavy atom. The van der Waals surface area contributed by atoms with E-state index in [0.717, 1.165) is 48.1 Å². The van der Waals surface area contributed by atoms with E-state index in [-0.39, 0.29) is 5.91 Å². The van der Waals surface area contributed by atoms with Gasteiger partial charge in [0.05, 0.1) is 12.3 Å². The lowest BCUT2D eigenvalue weighted by molar-refractivity contribution is 0.0944. The van der Waals surface area contributed by atoms with Gasteiger partial charge in [-0.2, -0.15) is 5.10 Å². The molecule has 0 unspecified atom stereocenters. The van der Waals surface area contributed by atoms with E-state index >= 15 is 0 Å². The van der Waals surface area contributed by atoms with Crippen molar-refractivity contribution in [2.24, 2.45) is 0 Å². The van der Waals surface area contributed by atoms with Gasteiger partial charge >= 0.3 is 0 Å². The largest absolute Gasteiger partial charge is 0.380 e. The molecule has 4 rings (SSSR count). The molecular weight excluding hydrogens is 362 g/mol. The summed E-state index contributed by atoms with van der Waals surface area (Å²) in [5.41, 5.74) is 6.02. The number of hydrogen-bond donors (Lipinski definition) is 1. The van der Waals surface area contributed by atoms with E-state index in [0.29, 0.717) is 18.8 Å². The summed E-state index contributed by atoms with van der Waals surface area (Å²) < 4.78 is 7.16. The van der Waals surface area contributed by atoms with Crippen molar-refractivity contribution in [1.29, 1.82) is 0 Å². The lowest BCUT2D eigenvalue weighted by Crippen LogP contribution is -2.24. The van der Waals surface area contributed by atoms with E-state index in [1.165, 1.54) is 12.1 Å². The topological polar surface area (TPSA) is 56.1 Å². The number of methoxy groups -OCH3 is 1. The number of nitrogens with one attached hydrogen (secondary N) is 1. The van der Waals surface area contributed by atoms with Crippen LogP contribution in [0.3, 0.4) is 0 Å². The third kappa shape index (κ3) is 4.40. The summed E-state index contributed by atoms with van der Waals surface area (Å²) in [5, 5.41) is 7.81. The SMILES string of the molecule is COCc1cccc(CNC(=O)c2nn(-c3ccccc3)c3c2CCCCC3)c1. The summed E-state index contributed by atoms with van der Waals surface area (Å²) in [6.45, 7) is 1.04. The van der Waals surface area contributed by atoms with E-state index in [2.05, 4.69) is 11.4 Å². The molecule has 1 N–H and O–H groups in total. The molecule has 2 aromatic carbocycles. The molecule has 0 aliphatic heterocycles. The predicted octanol–water partition coefficient (Wildman–Crippen LogP) is 4.22. The molecule has 1 aliphatic rings. The summed E-state index contributed by atoms with van der Waals surface area (Å²) in [5.74, 6) is -0.102. The van der Waals surface area contributed by atoms with Crippen LogP contribution in [0.2, 0.25) is 0 Å². The minimum Gasteiger partial charge on any atom is -0.380 e. The molecule has 0 spiro atoms. The number of fused-ring (bicyclic) bond motifs is 1. The normalized spacial score (nSPS) is 13.6. The van der Waals surface area contributed by atoms with Gasteiger partial charge in [0.1, 0.15) is 0 Å². The number of para-hydroxylation sites is 1. The standard InChI is InChI=1S/C24H27N3O2/c1-29-17-19-10-8-9-18(15-19)16-25-24(28)23-21-13-6-3-7-14-22(21)27(26-23)20-11-4-2-5-12-20/h2,4-5,8-12,15H,3,6-7,13-14,16-17H2,1H3,(H,25,28). The van der Waals surface area contributed by atoms with Gasteiger partial charge < -0.3 is 10.1 Å². The second-order valence-corrected chi connectivity index (χ2v) is 7.52. The molecule has 0 atom stereocenters. The first kappa shape index (κ1) is 19.4. The van der Waals surface area contributed by atoms with Crippen LogP contribution < -0.4 is 5.32 Å². The molecule has 150 valence electrons. The van der Waals surface area contributed by atoms with Crippen molar-refractivity contribution in [1.82, 2.24) is 15.1 Å². The monoisotopic (exact) mass is 389 g/mol. The van der Waals surface area contributed by atoms with Crippen LogP contribution in [-0.2, 0) is 30.7 Å². The fraction of sp³-hybridized carbons (Fsp3) is 0.333. The number of carbonyl (C=O) groups excluding carboxylic acids is 1. The van der Waals surface area contributed by atoms with Gasteiger partial charge in [-0.25, -0.2) is 4.68 Å². The first-order valence-electron chi connectivity index (χ1n) is 10.3. The molecule has 1 heterocycles. The van der Waals surface area contributed by atoms with Gasteiger partial charge in [0, 0.05) is 24.9 Å². The Balaban J connectivity index is 1.58. The van der Waals surface area contributed by atoms with Gasteiger partial charge in [0.2, 0.25) is 0 Å². The lowest BCUT2D eigenvalue weighted by atomic mass is 10.1. The summed E-state index contributed by atoms with van der Waals surface area (Å²) in [7, 11) is 1.68. The maximum atomic E-state index is 13.0. The van der Waals surface area contributed by atoms with E-state index in [1.54, 1.807) is 7.11 Å². The van der Waals surface area contributed by atoms with Crippen LogP contribution in [0.4, 0.5) is 0 Å². The van der Waals surface area contributed by atoms with Gasteiger partial charge in [-0.15, -0.1) is 0 Å². The van der Waals surface area contributed by atoms with E-state index in [1.807, 2.05) is 53.2 Å². The zero-order valence-corrected chi connectivity index (χ0v) is 16.9. The highest BCUT2D eigenvalue weighted by Crippen LogP contribution is 2.26. The molecule has 1 aliphatic carbocycles. The molecule has 5 heteroatoms. The molecule has 3 aromatic rings. The smallest absolute Gasteiger partial charge is 0.272 e. The van der Waals surface area contributed by atoms with Gasteiger partial charge in [0.25, 0.3) is 5.91 Å². The first-order valence-corrected chi connectivity index (χ1v) is 10.3. The van der Waals surface area contributed by atoms with Crippen molar-refractivity contribution in [3.05, 3.63) is 82.7 Å². The summed E-state index contributed by atoms with van der Waals surface area (Å²) >= 11 is 0. The van der Waals surface area contributed by atoms with Crippen LogP contribution in [0.15, 0.2) is 54.6 Å². The van der Waals surface area contributed by atoms with E-state index in [9.17, 15) is 4.79 Å². The van der Waals surface area contributed by atoms with Crippen molar-refractivity contribution in [2.45, 2.75) is 45.3 Å². The van der Waals surface area contributed by atoms with Crippen molar-refractivity contribution in [3.63, 3.8) is 0 Å². The van der Waals surface area contributed by atoms with Crippen LogP contribution in [0, 0.1) is 0 Å². The highest BCUT2D eigenvalue weighted by atomic mass is 16.5. The van der Waals surface area contributed by atoms with Crippen LogP contribution in [0.1, 0.15) is 52.1 Å². The molecule has 0 fully saturated rings. The maximum absolute atomic E-state index is 13.0. The fourth-order valence-corrected chi connectivity index (χ4v) is 4.00. The number of ether oxygens (including phenoxy) is 1. The Bertz CT molecular complexity index is 979. The number of benzene rings is 2. The fourth-order valence-electron chi connectivity index (χ4n) is 4.00. The van der Waals surface area contributed by atoms with Crippen LogP contribution in [-0.4, -0.2) is 22.8 Å². The van der Waals surface area contributed by atoms with E-state index in [4.69, 9.17) is 9.84 Å². The highest BCUT2D eigenvalue weighted by Gasteiger charge is 2.24. The van der Waals surface area contributed by atoms with Crippen molar-refractivity contribution < 1.29 is 9.53 Å². The third-order valence-electron chi connectivity index (χ3n) is 5.40. The number of hydrogen-bond acceptors (Lipinski definition) is 3. The molecule has 0 saturated heterocycles. The predicted molar refractivity (Wildman–Crippen MR) is 113 cm³/mol. The highest BCUT2D eigenvalue weighted by molar-refractivity contribution is 5.94. The van der Waals surface area contributed by atoms with Crippen LogP contribution >= 0.6 is 0 Å². The molecule has 0 saturated carbocycles. The molecule has 1 amide bonds. The Hall–Kier alpha value is -2.92. The lowest BCUT2D eigenvalue weighted by Gasteiger charge is -2.07. The second-order valence-electron chi connectivity index (χ2n) is 7.52. The Kier molecular flexibility index (Phi) is 6.06. The zero-order valence-electron chi connectivity index (χ0n) is 16.9. The van der Waals surface area contributed by atoms with Crippen LogP contribution in [0.5, 0.6) is 0 Å². The summed E-state index contributed by atoms with van der Waals surface area (Å²) in [6.07, 6.45) is 5.31. The zero-order chi connectivity index (χ0) is 20.1. The molecule has 1 aromatic heterocycles. The summed E-state index contributed by atoms with van der Waals surface area (Å²) in [4.78, 5) is 13.0. The first-order chi connectivity index (χ1) is 14.3. The second kappa shape index (κ2) is 9.05. The Morgan fingerprint density at radius 2 is 1.83 bits per heavy atom. The van der Waals surface area contributed by atoms with Crippen molar-refractivity contribution >= 4 is 5.91 Å².